The van der Waals surface area contributed by atoms with Gasteiger partial charge in [0.1, 0.15) is 11.5 Å². The lowest BCUT2D eigenvalue weighted by atomic mass is 9.69. The predicted molar refractivity (Wildman–Crippen MR) is 234 cm³/mol. The summed E-state index contributed by atoms with van der Waals surface area (Å²) in [5.74, 6) is -0.941. The van der Waals surface area contributed by atoms with Crippen molar-refractivity contribution in [3.8, 4) is 5.69 Å². The van der Waals surface area contributed by atoms with E-state index in [2.05, 4.69) is 49.7 Å². The maximum Gasteiger partial charge on any atom is 0.281 e. The molecule has 61 heavy (non-hydrogen) atoms. The molecule has 1 aromatic heterocycles. The molecular formula is C48H53BrF2N6O4. The van der Waals surface area contributed by atoms with Crippen molar-refractivity contribution in [2.75, 3.05) is 55.6 Å². The monoisotopic (exact) mass is 894 g/mol. The van der Waals surface area contributed by atoms with Crippen LogP contribution in [0.25, 0.3) is 16.6 Å². The van der Waals surface area contributed by atoms with Crippen molar-refractivity contribution in [2.45, 2.75) is 101 Å². The number of piperazine rings is 1. The third-order valence-corrected chi connectivity index (χ3v) is 15.7. The van der Waals surface area contributed by atoms with Gasteiger partial charge in [0.15, 0.2) is 11.6 Å². The summed E-state index contributed by atoms with van der Waals surface area (Å²) in [4.78, 5) is 63.7. The minimum absolute atomic E-state index is 0.0838. The Morgan fingerprint density at radius 1 is 0.787 bits per heavy atom. The summed E-state index contributed by atoms with van der Waals surface area (Å²) in [7, 11) is 0. The van der Waals surface area contributed by atoms with E-state index in [1.807, 2.05) is 21.9 Å². The second-order valence-electron chi connectivity index (χ2n) is 18.5. The van der Waals surface area contributed by atoms with E-state index < -0.39 is 29.1 Å². The zero-order valence-corrected chi connectivity index (χ0v) is 36.2. The Labute approximate surface area is 363 Å². The Balaban J connectivity index is 0.728. The molecule has 2 aliphatic carbocycles. The number of nitrogens with zero attached hydrogens (tertiary/aromatic N) is 6. The Morgan fingerprint density at radius 3 is 2.16 bits per heavy atom. The first kappa shape index (κ1) is 40.6. The summed E-state index contributed by atoms with van der Waals surface area (Å²) in [5.41, 5.74) is 4.26. The minimum atomic E-state index is -0.929. The highest BCUT2D eigenvalue weighted by Crippen LogP contribution is 2.52. The van der Waals surface area contributed by atoms with Crippen molar-refractivity contribution < 1.29 is 23.2 Å². The van der Waals surface area contributed by atoms with E-state index in [0.29, 0.717) is 73.3 Å². The third kappa shape index (κ3) is 7.21. The molecule has 0 unspecified atom stereocenters. The number of carbonyl (C=O) groups is 3. The van der Waals surface area contributed by atoms with E-state index in [1.54, 1.807) is 0 Å². The molecule has 3 aromatic carbocycles. The van der Waals surface area contributed by atoms with Gasteiger partial charge in [0, 0.05) is 74.7 Å². The molecule has 4 aromatic rings. The minimum Gasteiger partial charge on any atom is -0.371 e. The van der Waals surface area contributed by atoms with Crippen LogP contribution in [0, 0.1) is 23.5 Å². The number of anilines is 2. The summed E-state index contributed by atoms with van der Waals surface area (Å²) in [6.45, 7) is 5.19. The highest BCUT2D eigenvalue weighted by atomic mass is 79.9. The molecule has 0 N–H and O–H groups in total. The van der Waals surface area contributed by atoms with E-state index in [4.69, 9.17) is 4.98 Å². The molecule has 5 fully saturated rings. The number of carbonyl (C=O) groups excluding carboxylic acids is 3. The predicted octanol–water partition coefficient (Wildman–Crippen LogP) is 8.37. The molecule has 1 spiro atoms. The van der Waals surface area contributed by atoms with E-state index >= 15 is 8.78 Å². The molecule has 2 saturated carbocycles. The zero-order chi connectivity index (χ0) is 42.0. The molecule has 10 rings (SSSR count). The smallest absolute Gasteiger partial charge is 0.281 e. The number of piperidine rings is 2. The van der Waals surface area contributed by atoms with E-state index in [1.165, 1.54) is 48.2 Å². The number of aromatic nitrogens is 2. The molecule has 320 valence electrons. The normalized spacial score (nSPS) is 23.5. The molecule has 5 heterocycles. The van der Waals surface area contributed by atoms with Crippen molar-refractivity contribution >= 4 is 55.9 Å². The lowest BCUT2D eigenvalue weighted by Gasteiger charge is -2.40. The van der Waals surface area contributed by atoms with Gasteiger partial charge in [-0.05, 0) is 127 Å². The van der Waals surface area contributed by atoms with Gasteiger partial charge in [0.2, 0.25) is 17.7 Å². The number of hydrogen-bond acceptors (Lipinski definition) is 7. The second kappa shape index (κ2) is 16.3. The molecule has 3 saturated heterocycles. The SMILES string of the molecule is O=C(C1CCN(c2cc(F)c(N3C(=O)CCCC3=O)c(F)c2)CC1)N1CCN(CC2CCC(c3ccc4c(c3)-n3c(nc(=O)c5c(Br)cccc53)C43CCCCC3)CC2)CC1. The third-order valence-electron chi connectivity index (χ3n) is 15.0. The lowest BCUT2D eigenvalue weighted by molar-refractivity contribution is -0.138. The lowest BCUT2D eigenvalue weighted by Crippen LogP contribution is -2.52. The Morgan fingerprint density at radius 2 is 1.48 bits per heavy atom. The van der Waals surface area contributed by atoms with Crippen molar-refractivity contribution in [2.24, 2.45) is 11.8 Å². The Hall–Kier alpha value is -4.49. The van der Waals surface area contributed by atoms with Crippen LogP contribution in [0.15, 0.2) is 57.8 Å². The first-order chi connectivity index (χ1) is 29.6. The van der Waals surface area contributed by atoms with Gasteiger partial charge in [-0.25, -0.2) is 13.7 Å². The van der Waals surface area contributed by atoms with E-state index in [9.17, 15) is 19.2 Å². The second-order valence-corrected chi connectivity index (χ2v) is 19.3. The quantitative estimate of drug-likeness (QED) is 0.180. The number of halogens is 3. The topological polar surface area (TPSA) is 99.1 Å². The number of rotatable bonds is 6. The zero-order valence-electron chi connectivity index (χ0n) is 34.7. The van der Waals surface area contributed by atoms with Gasteiger partial charge in [-0.15, -0.1) is 0 Å². The van der Waals surface area contributed by atoms with Crippen molar-refractivity contribution in [1.82, 2.24) is 19.4 Å². The van der Waals surface area contributed by atoms with E-state index in [-0.39, 0.29) is 35.6 Å². The van der Waals surface area contributed by atoms with Crippen molar-refractivity contribution in [3.63, 3.8) is 0 Å². The molecule has 13 heteroatoms. The largest absolute Gasteiger partial charge is 0.371 e. The van der Waals surface area contributed by atoms with Crippen LogP contribution in [0.3, 0.4) is 0 Å². The summed E-state index contributed by atoms with van der Waals surface area (Å²) in [6, 6.07) is 15.6. The van der Waals surface area contributed by atoms with Gasteiger partial charge in [0.05, 0.1) is 22.0 Å². The summed E-state index contributed by atoms with van der Waals surface area (Å²) >= 11 is 3.64. The average Bonchev–Trinajstić information content (AvgIpc) is 3.52. The van der Waals surface area contributed by atoms with Crippen molar-refractivity contribution in [1.29, 1.82) is 0 Å². The maximum absolute atomic E-state index is 15.2. The molecule has 0 radical (unpaired) electrons. The standard InChI is InChI=1S/C48H53BrF2N6O4/c49-36-6-4-7-39-43(36)45(60)52-47-48(18-2-1-3-19-48)35-15-14-33(26-40(35)56(39)47)31-12-10-30(11-13-31)29-53-22-24-55(25-23-53)46(61)32-16-20-54(21-17-32)34-27-37(50)44(38(51)28-34)57-41(58)8-5-9-42(57)59/h4,6-7,14-15,26-28,30-32H,1-3,5,8-13,16-25,29H2. The highest BCUT2D eigenvalue weighted by molar-refractivity contribution is 9.10. The van der Waals surface area contributed by atoms with Crippen molar-refractivity contribution in [3.05, 3.63) is 91.9 Å². The molecule has 0 bridgehead atoms. The first-order valence-electron chi connectivity index (χ1n) is 22.6. The first-order valence-corrected chi connectivity index (χ1v) is 23.4. The molecule has 0 atom stereocenters. The van der Waals surface area contributed by atoms with Crippen LogP contribution in [0.4, 0.5) is 20.2 Å². The van der Waals surface area contributed by atoms with Gasteiger partial charge in [-0.1, -0.05) is 37.5 Å². The summed E-state index contributed by atoms with van der Waals surface area (Å²) in [5, 5.41) is 0.646. The number of benzene rings is 3. The van der Waals surface area contributed by atoms with Gasteiger partial charge in [-0.2, -0.15) is 4.98 Å². The molecular weight excluding hydrogens is 842 g/mol. The highest BCUT2D eigenvalue weighted by Gasteiger charge is 2.47. The van der Waals surface area contributed by atoms with Crippen LogP contribution in [0.5, 0.6) is 0 Å². The number of fused-ring (bicyclic) bond motifs is 7. The Bertz CT molecular complexity index is 2420. The average molecular weight is 896 g/mol. The molecule has 3 amide bonds. The van der Waals surface area contributed by atoms with Crippen LogP contribution < -0.4 is 15.4 Å². The molecule has 10 nitrogen and oxygen atoms in total. The summed E-state index contributed by atoms with van der Waals surface area (Å²) in [6.07, 6.45) is 12.0. The number of hydrogen-bond donors (Lipinski definition) is 0. The van der Waals surface area contributed by atoms with Gasteiger partial charge < -0.3 is 9.80 Å². The molecule has 6 aliphatic rings. The van der Waals surface area contributed by atoms with Crippen LogP contribution in [0.1, 0.15) is 113 Å². The van der Waals surface area contributed by atoms with Gasteiger partial charge in [0.25, 0.3) is 5.56 Å². The van der Waals surface area contributed by atoms with Crippen LogP contribution in [-0.4, -0.2) is 82.9 Å². The fourth-order valence-corrected chi connectivity index (χ4v) is 12.3. The Kier molecular flexibility index (Phi) is 10.9. The number of imide groups is 1. The molecule has 4 aliphatic heterocycles. The van der Waals surface area contributed by atoms with Crippen LogP contribution in [0.2, 0.25) is 0 Å². The summed E-state index contributed by atoms with van der Waals surface area (Å²) < 4.78 is 33.5. The van der Waals surface area contributed by atoms with E-state index in [0.717, 1.165) is 74.0 Å². The fourth-order valence-electron chi connectivity index (χ4n) is 11.7. The van der Waals surface area contributed by atoms with Gasteiger partial charge >= 0.3 is 0 Å². The maximum atomic E-state index is 15.2. The van der Waals surface area contributed by atoms with Crippen LogP contribution in [-0.2, 0) is 19.8 Å². The van der Waals surface area contributed by atoms with Gasteiger partial charge in [-0.3, -0.25) is 28.6 Å². The fraction of sp³-hybridized carbons (Fsp3) is 0.521. The number of amides is 3. The van der Waals surface area contributed by atoms with Crippen LogP contribution >= 0.6 is 15.9 Å².